The van der Waals surface area contributed by atoms with Crippen molar-refractivity contribution in [2.24, 2.45) is 11.0 Å². The van der Waals surface area contributed by atoms with Crippen LogP contribution in [0.25, 0.3) is 0 Å². The summed E-state index contributed by atoms with van der Waals surface area (Å²) in [4.78, 5) is 0. The Morgan fingerprint density at radius 1 is 1.43 bits per heavy atom. The molecular formula is C13H14Cl2N4OS. The maximum atomic E-state index is 6.19. The third-order valence-corrected chi connectivity index (χ3v) is 3.29. The van der Waals surface area contributed by atoms with Crippen molar-refractivity contribution in [1.82, 2.24) is 14.9 Å². The summed E-state index contributed by atoms with van der Waals surface area (Å²) in [6, 6.07) is 3.46. The number of rotatable bonds is 5. The molecule has 1 heterocycles. The fraction of sp³-hybridized carbons (Fsp3) is 0.308. The molecule has 5 nitrogen and oxygen atoms in total. The number of aromatic nitrogens is 3. The number of benzene rings is 1. The molecule has 0 amide bonds. The quantitative estimate of drug-likeness (QED) is 0.654. The van der Waals surface area contributed by atoms with Crippen molar-refractivity contribution < 1.29 is 4.74 Å². The molecule has 2 aromatic rings. The maximum absolute atomic E-state index is 6.19. The predicted octanol–water partition coefficient (Wildman–Crippen LogP) is 4.16. The van der Waals surface area contributed by atoms with Crippen LogP contribution in [0.15, 0.2) is 23.6 Å². The van der Waals surface area contributed by atoms with Crippen molar-refractivity contribution in [3.05, 3.63) is 38.8 Å². The smallest absolute Gasteiger partial charge is 0.216 e. The lowest BCUT2D eigenvalue weighted by Crippen LogP contribution is -2.05. The topological polar surface area (TPSA) is 55.2 Å². The van der Waals surface area contributed by atoms with Crippen LogP contribution in [-0.4, -0.2) is 27.7 Å². The van der Waals surface area contributed by atoms with Crippen molar-refractivity contribution >= 4 is 41.6 Å². The number of H-pyrrole nitrogens is 1. The lowest BCUT2D eigenvalue weighted by atomic mass is 10.2. The largest absolute Gasteiger partial charge is 0.490 e. The third-order valence-electron chi connectivity index (χ3n) is 2.45. The van der Waals surface area contributed by atoms with E-state index in [0.29, 0.717) is 33.1 Å². The second-order valence-electron chi connectivity index (χ2n) is 4.77. The molecule has 0 spiro atoms. The summed E-state index contributed by atoms with van der Waals surface area (Å²) in [5.41, 5.74) is 0.741. The highest BCUT2D eigenvalue weighted by atomic mass is 35.5. The van der Waals surface area contributed by atoms with Crippen molar-refractivity contribution in [3.63, 3.8) is 0 Å². The molecule has 0 bridgehead atoms. The first-order valence-corrected chi connectivity index (χ1v) is 7.42. The van der Waals surface area contributed by atoms with Gasteiger partial charge in [-0.1, -0.05) is 37.0 Å². The minimum absolute atomic E-state index is 0.390. The summed E-state index contributed by atoms with van der Waals surface area (Å²) in [5.74, 6) is 0.880. The molecule has 1 aromatic heterocycles. The van der Waals surface area contributed by atoms with Crippen molar-refractivity contribution in [2.45, 2.75) is 13.8 Å². The van der Waals surface area contributed by atoms with Gasteiger partial charge in [0.25, 0.3) is 0 Å². The Morgan fingerprint density at radius 3 is 2.62 bits per heavy atom. The van der Waals surface area contributed by atoms with E-state index in [9.17, 15) is 0 Å². The van der Waals surface area contributed by atoms with Gasteiger partial charge in [-0.25, -0.2) is 0 Å². The predicted molar refractivity (Wildman–Crippen MR) is 87.2 cm³/mol. The van der Waals surface area contributed by atoms with Crippen LogP contribution in [0.1, 0.15) is 19.4 Å². The Labute approximate surface area is 137 Å². The highest BCUT2D eigenvalue weighted by molar-refractivity contribution is 7.71. The second-order valence-corrected chi connectivity index (χ2v) is 5.97. The molecule has 0 saturated carbocycles. The van der Waals surface area contributed by atoms with E-state index in [-0.39, 0.29) is 0 Å². The van der Waals surface area contributed by atoms with Gasteiger partial charge in [0.1, 0.15) is 6.33 Å². The number of nitrogens with one attached hydrogen (secondary N) is 1. The van der Waals surface area contributed by atoms with Crippen LogP contribution in [0.5, 0.6) is 5.75 Å². The number of nitrogens with zero attached hydrogens (tertiary/aromatic N) is 3. The van der Waals surface area contributed by atoms with Crippen LogP contribution >= 0.6 is 35.4 Å². The highest BCUT2D eigenvalue weighted by Gasteiger charge is 2.10. The van der Waals surface area contributed by atoms with E-state index < -0.39 is 0 Å². The molecule has 0 radical (unpaired) electrons. The van der Waals surface area contributed by atoms with Crippen LogP contribution < -0.4 is 4.74 Å². The number of ether oxygens (including phenoxy) is 1. The molecule has 1 aromatic carbocycles. The van der Waals surface area contributed by atoms with E-state index in [4.69, 9.17) is 40.2 Å². The van der Waals surface area contributed by atoms with Gasteiger partial charge in [-0.05, 0) is 35.8 Å². The Morgan fingerprint density at radius 2 is 2.10 bits per heavy atom. The highest BCUT2D eigenvalue weighted by Crippen LogP contribution is 2.34. The van der Waals surface area contributed by atoms with Gasteiger partial charge in [0.15, 0.2) is 5.75 Å². The van der Waals surface area contributed by atoms with Gasteiger partial charge in [0.2, 0.25) is 4.77 Å². The van der Waals surface area contributed by atoms with Crippen molar-refractivity contribution in [3.8, 4) is 5.75 Å². The van der Waals surface area contributed by atoms with E-state index in [1.54, 1.807) is 18.3 Å². The van der Waals surface area contributed by atoms with Gasteiger partial charge in [-0.15, -0.1) is 0 Å². The Hall–Kier alpha value is -1.37. The first-order valence-electron chi connectivity index (χ1n) is 6.25. The van der Waals surface area contributed by atoms with Crippen LogP contribution in [0, 0.1) is 10.7 Å². The normalized spacial score (nSPS) is 11.5. The maximum Gasteiger partial charge on any atom is 0.216 e. The summed E-state index contributed by atoms with van der Waals surface area (Å²) in [7, 11) is 0. The number of hydrogen-bond donors (Lipinski definition) is 1. The lowest BCUT2D eigenvalue weighted by Gasteiger charge is -2.12. The number of hydrogen-bond acceptors (Lipinski definition) is 4. The zero-order valence-corrected chi connectivity index (χ0v) is 13.8. The Kier molecular flexibility index (Phi) is 5.39. The molecule has 8 heteroatoms. The molecule has 0 aliphatic carbocycles. The molecule has 21 heavy (non-hydrogen) atoms. The first-order chi connectivity index (χ1) is 9.97. The van der Waals surface area contributed by atoms with E-state index >= 15 is 0 Å². The van der Waals surface area contributed by atoms with Gasteiger partial charge in [-0.2, -0.15) is 14.9 Å². The number of aromatic amines is 1. The molecule has 0 aliphatic heterocycles. The molecule has 2 rings (SSSR count). The van der Waals surface area contributed by atoms with Crippen molar-refractivity contribution in [2.75, 3.05) is 6.61 Å². The van der Waals surface area contributed by atoms with Crippen LogP contribution in [0.4, 0.5) is 0 Å². The monoisotopic (exact) mass is 344 g/mol. The molecule has 112 valence electrons. The minimum Gasteiger partial charge on any atom is -0.490 e. The molecule has 0 fully saturated rings. The fourth-order valence-electron chi connectivity index (χ4n) is 1.50. The third kappa shape index (κ3) is 4.30. The van der Waals surface area contributed by atoms with Gasteiger partial charge in [-0.3, -0.25) is 5.10 Å². The summed E-state index contributed by atoms with van der Waals surface area (Å²) >= 11 is 17.4. The second kappa shape index (κ2) is 7.06. The lowest BCUT2D eigenvalue weighted by molar-refractivity contribution is 0.271. The standard InChI is InChI=1S/C13H14Cl2N4OS/c1-8(2)6-20-12-10(14)3-9(4-11(12)15)5-17-19-7-16-18-13(19)21/h3-5,7-8H,6H2,1-2H3,(H,18,21)/b17-5-. The van der Waals surface area contributed by atoms with Gasteiger partial charge in [0, 0.05) is 0 Å². The molecule has 1 N–H and O–H groups in total. The first kappa shape index (κ1) is 16.0. The van der Waals surface area contributed by atoms with E-state index in [0.717, 1.165) is 5.56 Å². The van der Waals surface area contributed by atoms with Gasteiger partial charge in [0.05, 0.1) is 22.9 Å². The van der Waals surface area contributed by atoms with E-state index in [1.165, 1.54) is 11.0 Å². The summed E-state index contributed by atoms with van der Waals surface area (Å²) in [5, 5.41) is 11.4. The molecular weight excluding hydrogens is 331 g/mol. The zero-order valence-electron chi connectivity index (χ0n) is 11.5. The number of halogens is 2. The summed E-state index contributed by atoms with van der Waals surface area (Å²) in [6.07, 6.45) is 3.07. The van der Waals surface area contributed by atoms with E-state index in [1.807, 2.05) is 0 Å². The Bertz CT molecular complexity index is 685. The van der Waals surface area contributed by atoms with Crippen LogP contribution in [0.3, 0.4) is 0 Å². The van der Waals surface area contributed by atoms with Gasteiger partial charge < -0.3 is 4.74 Å². The van der Waals surface area contributed by atoms with E-state index in [2.05, 4.69) is 29.1 Å². The molecule has 0 unspecified atom stereocenters. The summed E-state index contributed by atoms with van der Waals surface area (Å²) in [6.45, 7) is 4.66. The average Bonchev–Trinajstić information content (AvgIpc) is 2.80. The van der Waals surface area contributed by atoms with Crippen molar-refractivity contribution in [1.29, 1.82) is 0 Å². The molecule has 0 saturated heterocycles. The van der Waals surface area contributed by atoms with Crippen LogP contribution in [0.2, 0.25) is 10.0 Å². The van der Waals surface area contributed by atoms with Crippen LogP contribution in [-0.2, 0) is 0 Å². The fourth-order valence-corrected chi connectivity index (χ4v) is 2.26. The molecule has 0 aliphatic rings. The Balaban J connectivity index is 2.21. The zero-order chi connectivity index (χ0) is 15.4. The SMILES string of the molecule is CC(C)COc1c(Cl)cc(/C=N\n2cn[nH]c2=S)cc1Cl. The summed E-state index contributed by atoms with van der Waals surface area (Å²) < 4.78 is 7.44. The average molecular weight is 345 g/mol. The minimum atomic E-state index is 0.390. The molecule has 0 atom stereocenters. The van der Waals surface area contributed by atoms with Gasteiger partial charge >= 0.3 is 0 Å².